The summed E-state index contributed by atoms with van der Waals surface area (Å²) in [4.78, 5) is 10.7. The van der Waals surface area contributed by atoms with E-state index < -0.39 is 0 Å². The Morgan fingerprint density at radius 2 is 2.06 bits per heavy atom. The van der Waals surface area contributed by atoms with Crippen molar-refractivity contribution in [2.45, 2.75) is 19.8 Å². The molecule has 2 N–H and O–H groups in total. The number of aromatic hydroxyl groups is 2. The number of hydrogen-bond donors (Lipinski definition) is 2. The van der Waals surface area contributed by atoms with Crippen molar-refractivity contribution in [3.05, 3.63) is 29.3 Å². The Hall–Kier alpha value is -1.77. The molecule has 1 aliphatic rings. The van der Waals surface area contributed by atoms with Crippen molar-refractivity contribution in [3.63, 3.8) is 0 Å². The second-order valence-electron chi connectivity index (χ2n) is 4.32. The average molecular weight is 218 g/mol. The summed E-state index contributed by atoms with van der Waals surface area (Å²) in [6, 6.07) is 2.77. The molecule has 0 spiro atoms. The number of rotatable bonds is 2. The fourth-order valence-electron chi connectivity index (χ4n) is 2.05. The van der Waals surface area contributed by atoms with Crippen molar-refractivity contribution in [1.82, 2.24) is 0 Å². The number of allylic oxidation sites excluding steroid dienone is 2. The predicted octanol–water partition coefficient (Wildman–Crippen LogP) is 2.72. The second-order valence-corrected chi connectivity index (χ2v) is 4.32. The van der Waals surface area contributed by atoms with Gasteiger partial charge in [-0.1, -0.05) is 13.0 Å². The van der Waals surface area contributed by atoms with Crippen molar-refractivity contribution in [2.24, 2.45) is 5.92 Å². The summed E-state index contributed by atoms with van der Waals surface area (Å²) in [5.41, 5.74) is 1.92. The van der Waals surface area contributed by atoms with Crippen LogP contribution >= 0.6 is 0 Å². The van der Waals surface area contributed by atoms with E-state index in [4.69, 9.17) is 0 Å². The summed E-state index contributed by atoms with van der Waals surface area (Å²) in [5, 5.41) is 19.1. The number of phenols is 2. The molecule has 0 fully saturated rings. The molecule has 1 aromatic carbocycles. The Balaban J connectivity index is 2.45. The summed E-state index contributed by atoms with van der Waals surface area (Å²) in [6.45, 7) is 2.14. The lowest BCUT2D eigenvalue weighted by atomic mass is 9.99. The molecule has 0 saturated carbocycles. The first-order chi connectivity index (χ1) is 7.61. The summed E-state index contributed by atoms with van der Waals surface area (Å²) in [6.07, 6.45) is 4.56. The number of carbonyl (C=O) groups is 1. The minimum absolute atomic E-state index is 0.0310. The first-order valence-electron chi connectivity index (χ1n) is 5.32. The molecule has 1 aromatic rings. The molecule has 2 rings (SSSR count). The van der Waals surface area contributed by atoms with E-state index >= 15 is 0 Å². The molecule has 0 radical (unpaired) electrons. The summed E-state index contributed by atoms with van der Waals surface area (Å²) >= 11 is 0. The monoisotopic (exact) mass is 218 g/mol. The van der Waals surface area contributed by atoms with Gasteiger partial charge in [0, 0.05) is 11.6 Å². The number of hydrogen-bond acceptors (Lipinski definition) is 3. The Morgan fingerprint density at radius 1 is 1.31 bits per heavy atom. The largest absolute Gasteiger partial charge is 0.507 e. The van der Waals surface area contributed by atoms with Crippen molar-refractivity contribution in [1.29, 1.82) is 0 Å². The smallest absolute Gasteiger partial charge is 0.153 e. The maximum absolute atomic E-state index is 10.7. The van der Waals surface area contributed by atoms with E-state index in [1.54, 1.807) is 6.07 Å². The molecule has 0 aromatic heterocycles. The standard InChI is InChI=1S/C13H14O3/c1-8-2-3-9(4-8)11-5-10(7-14)12(15)6-13(11)16/h3,5-8,15-16H,2,4H2,1H3. The molecule has 16 heavy (non-hydrogen) atoms. The zero-order valence-electron chi connectivity index (χ0n) is 9.10. The molecule has 1 atom stereocenters. The SMILES string of the molecule is CC1CC=C(c2cc(C=O)c(O)cc2O)C1. The third-order valence-corrected chi connectivity index (χ3v) is 2.95. The number of phenolic OH excluding ortho intramolecular Hbond substituents is 2. The quantitative estimate of drug-likeness (QED) is 0.750. The minimum Gasteiger partial charge on any atom is -0.507 e. The Kier molecular flexibility index (Phi) is 2.69. The zero-order chi connectivity index (χ0) is 11.7. The van der Waals surface area contributed by atoms with Gasteiger partial charge in [0.2, 0.25) is 0 Å². The molecule has 3 nitrogen and oxygen atoms in total. The lowest BCUT2D eigenvalue weighted by Crippen LogP contribution is -1.90. The Labute approximate surface area is 94.0 Å². The molecule has 1 unspecified atom stereocenters. The van der Waals surface area contributed by atoms with Crippen LogP contribution < -0.4 is 0 Å². The van der Waals surface area contributed by atoms with Gasteiger partial charge in [-0.2, -0.15) is 0 Å². The van der Waals surface area contributed by atoms with E-state index in [9.17, 15) is 15.0 Å². The van der Waals surface area contributed by atoms with Gasteiger partial charge in [-0.05, 0) is 30.4 Å². The maximum atomic E-state index is 10.7. The van der Waals surface area contributed by atoms with Gasteiger partial charge in [0.25, 0.3) is 0 Å². The van der Waals surface area contributed by atoms with Crippen molar-refractivity contribution in [2.75, 3.05) is 0 Å². The van der Waals surface area contributed by atoms with Crippen LogP contribution in [0.15, 0.2) is 18.2 Å². The highest BCUT2D eigenvalue weighted by Gasteiger charge is 2.18. The zero-order valence-corrected chi connectivity index (χ0v) is 9.10. The fourth-order valence-corrected chi connectivity index (χ4v) is 2.05. The van der Waals surface area contributed by atoms with Crippen LogP contribution in [0.1, 0.15) is 35.7 Å². The van der Waals surface area contributed by atoms with Crippen LogP contribution in [0.4, 0.5) is 0 Å². The van der Waals surface area contributed by atoms with Gasteiger partial charge in [0.1, 0.15) is 11.5 Å². The Morgan fingerprint density at radius 3 is 2.62 bits per heavy atom. The molecule has 0 bridgehead atoms. The molecule has 84 valence electrons. The van der Waals surface area contributed by atoms with Gasteiger partial charge >= 0.3 is 0 Å². The van der Waals surface area contributed by atoms with Crippen LogP contribution in [-0.2, 0) is 0 Å². The third-order valence-electron chi connectivity index (χ3n) is 2.95. The highest BCUT2D eigenvalue weighted by molar-refractivity contribution is 5.84. The van der Waals surface area contributed by atoms with E-state index in [0.29, 0.717) is 17.8 Å². The Bertz CT molecular complexity index is 460. The van der Waals surface area contributed by atoms with Crippen molar-refractivity contribution in [3.8, 4) is 11.5 Å². The third kappa shape index (κ3) is 1.81. The number of carbonyl (C=O) groups excluding carboxylic acids is 1. The summed E-state index contributed by atoms with van der Waals surface area (Å²) in [7, 11) is 0. The molecular formula is C13H14O3. The van der Waals surface area contributed by atoms with E-state index in [1.807, 2.05) is 0 Å². The number of aldehydes is 1. The van der Waals surface area contributed by atoms with Crippen LogP contribution in [-0.4, -0.2) is 16.5 Å². The molecule has 0 aliphatic heterocycles. The highest BCUT2D eigenvalue weighted by Crippen LogP contribution is 2.38. The van der Waals surface area contributed by atoms with Crippen LogP contribution in [0.2, 0.25) is 0 Å². The lowest BCUT2D eigenvalue weighted by molar-refractivity contribution is 0.112. The van der Waals surface area contributed by atoms with Crippen LogP contribution in [0.5, 0.6) is 11.5 Å². The van der Waals surface area contributed by atoms with Gasteiger partial charge in [-0.25, -0.2) is 0 Å². The van der Waals surface area contributed by atoms with E-state index in [1.165, 1.54) is 6.07 Å². The first-order valence-corrected chi connectivity index (χ1v) is 5.32. The summed E-state index contributed by atoms with van der Waals surface area (Å²) < 4.78 is 0. The van der Waals surface area contributed by atoms with Gasteiger partial charge in [0.15, 0.2) is 6.29 Å². The molecule has 1 aliphatic carbocycles. The number of benzene rings is 1. The van der Waals surface area contributed by atoms with E-state index in [0.717, 1.165) is 18.4 Å². The van der Waals surface area contributed by atoms with Crippen LogP contribution in [0.25, 0.3) is 5.57 Å². The lowest BCUT2D eigenvalue weighted by Gasteiger charge is -2.09. The molecule has 0 heterocycles. The molecule has 0 amide bonds. The topological polar surface area (TPSA) is 57.5 Å². The average Bonchev–Trinajstić information content (AvgIpc) is 2.65. The summed E-state index contributed by atoms with van der Waals surface area (Å²) in [5.74, 6) is 0.425. The van der Waals surface area contributed by atoms with E-state index in [-0.39, 0.29) is 17.1 Å². The van der Waals surface area contributed by atoms with Gasteiger partial charge in [0.05, 0.1) is 5.56 Å². The predicted molar refractivity (Wildman–Crippen MR) is 61.5 cm³/mol. The fraction of sp³-hybridized carbons (Fsp3) is 0.308. The van der Waals surface area contributed by atoms with Gasteiger partial charge < -0.3 is 10.2 Å². The van der Waals surface area contributed by atoms with Crippen molar-refractivity contribution >= 4 is 11.9 Å². The maximum Gasteiger partial charge on any atom is 0.153 e. The van der Waals surface area contributed by atoms with E-state index in [2.05, 4.69) is 13.0 Å². The molecule has 0 saturated heterocycles. The highest BCUT2D eigenvalue weighted by atomic mass is 16.3. The van der Waals surface area contributed by atoms with Gasteiger partial charge in [-0.3, -0.25) is 4.79 Å². The normalized spacial score (nSPS) is 19.6. The minimum atomic E-state index is -0.178. The van der Waals surface area contributed by atoms with Crippen LogP contribution in [0, 0.1) is 5.92 Å². The van der Waals surface area contributed by atoms with Crippen molar-refractivity contribution < 1.29 is 15.0 Å². The van der Waals surface area contributed by atoms with Crippen LogP contribution in [0.3, 0.4) is 0 Å². The van der Waals surface area contributed by atoms with Gasteiger partial charge in [-0.15, -0.1) is 0 Å². The first kappa shape index (κ1) is 10.7. The molecular weight excluding hydrogens is 204 g/mol. The molecule has 3 heteroatoms. The second kappa shape index (κ2) is 4.00.